The number of amides is 1. The molecular formula is C23H14N4O4S2. The van der Waals surface area contributed by atoms with Gasteiger partial charge in [0.25, 0.3) is 11.6 Å². The Labute approximate surface area is 196 Å². The van der Waals surface area contributed by atoms with Crippen LogP contribution in [0, 0.1) is 10.1 Å². The van der Waals surface area contributed by atoms with Crippen molar-refractivity contribution in [2.24, 2.45) is 4.99 Å². The smallest absolute Gasteiger partial charge is 0.271 e. The number of nitro benzene ring substituents is 1. The number of thioether (sulfide) groups is 1. The summed E-state index contributed by atoms with van der Waals surface area (Å²) in [6, 6.07) is 19.4. The van der Waals surface area contributed by atoms with E-state index in [0.29, 0.717) is 26.6 Å². The Morgan fingerprint density at radius 2 is 1.97 bits per heavy atom. The number of amidine groups is 1. The molecule has 0 aliphatic carbocycles. The van der Waals surface area contributed by atoms with Crippen LogP contribution in [0.2, 0.25) is 0 Å². The minimum Gasteiger partial charge on any atom is -0.450 e. The first kappa shape index (κ1) is 21.0. The molecule has 1 fully saturated rings. The molecule has 5 rings (SSSR count). The molecule has 10 heteroatoms. The lowest BCUT2D eigenvalue weighted by Gasteiger charge is -2.02. The number of rotatable bonds is 5. The second kappa shape index (κ2) is 8.93. The molecule has 1 aliphatic rings. The van der Waals surface area contributed by atoms with E-state index in [0.717, 1.165) is 27.6 Å². The molecule has 0 bridgehead atoms. The highest BCUT2D eigenvalue weighted by molar-refractivity contribution is 8.18. The predicted octanol–water partition coefficient (Wildman–Crippen LogP) is 5.78. The largest absolute Gasteiger partial charge is 0.450 e. The summed E-state index contributed by atoms with van der Waals surface area (Å²) in [7, 11) is 0. The number of aliphatic imine (C=N–C) groups is 1. The molecule has 0 saturated carbocycles. The number of pyridine rings is 1. The van der Waals surface area contributed by atoms with Gasteiger partial charge in [-0.2, -0.15) is 0 Å². The predicted molar refractivity (Wildman–Crippen MR) is 128 cm³/mol. The monoisotopic (exact) mass is 474 g/mol. The normalized spacial score (nSPS) is 15.9. The average Bonchev–Trinajstić information content (AvgIpc) is 3.40. The number of aromatic nitrogens is 1. The lowest BCUT2D eigenvalue weighted by molar-refractivity contribution is -0.384. The van der Waals surface area contributed by atoms with Crippen LogP contribution < -0.4 is 5.32 Å². The number of benzene rings is 2. The molecule has 33 heavy (non-hydrogen) atoms. The number of carbonyl (C=O) groups is 1. The summed E-state index contributed by atoms with van der Waals surface area (Å²) in [5, 5.41) is 15.7. The zero-order chi connectivity index (χ0) is 22.8. The van der Waals surface area contributed by atoms with Crippen LogP contribution in [-0.2, 0) is 4.79 Å². The first-order valence-electron chi connectivity index (χ1n) is 9.71. The van der Waals surface area contributed by atoms with E-state index in [-0.39, 0.29) is 11.6 Å². The highest BCUT2D eigenvalue weighted by Gasteiger charge is 2.24. The molecule has 4 aromatic rings. The second-order valence-electron chi connectivity index (χ2n) is 6.85. The van der Waals surface area contributed by atoms with E-state index in [2.05, 4.69) is 15.3 Å². The maximum absolute atomic E-state index is 12.4. The zero-order valence-corrected chi connectivity index (χ0v) is 18.4. The molecule has 0 unspecified atom stereocenters. The Morgan fingerprint density at radius 1 is 1.12 bits per heavy atom. The summed E-state index contributed by atoms with van der Waals surface area (Å²) >= 11 is 2.60. The van der Waals surface area contributed by atoms with E-state index >= 15 is 0 Å². The summed E-state index contributed by atoms with van der Waals surface area (Å²) in [5.74, 6) is 0.216. The van der Waals surface area contributed by atoms with Crippen LogP contribution in [0.1, 0.15) is 5.76 Å². The lowest BCUT2D eigenvalue weighted by atomic mass is 10.2. The molecular weight excluding hydrogens is 460 g/mol. The van der Waals surface area contributed by atoms with E-state index in [9.17, 15) is 14.9 Å². The number of hydrogen-bond acceptors (Lipinski definition) is 8. The summed E-state index contributed by atoms with van der Waals surface area (Å²) in [6.07, 6.45) is 3.40. The summed E-state index contributed by atoms with van der Waals surface area (Å²) in [5.41, 5.74) is 1.21. The van der Waals surface area contributed by atoms with Crippen molar-refractivity contribution in [1.29, 1.82) is 0 Å². The third kappa shape index (κ3) is 4.66. The fourth-order valence-corrected chi connectivity index (χ4v) is 4.86. The minimum absolute atomic E-state index is 0.0658. The standard InChI is InChI=1S/C23H14N4O4S2/c28-22-19(33-23(26-22)25-15-6-2-7-16(12-15)27(29)30)13-17-9-10-20(31-17)32-18-8-1-4-14-5-3-11-24-21(14)18/h1-13H,(H,25,26,28)/b19-13-. The molecule has 2 aromatic heterocycles. The molecule has 0 atom stereocenters. The van der Waals surface area contributed by atoms with Crippen molar-refractivity contribution in [1.82, 2.24) is 10.3 Å². The molecule has 0 radical (unpaired) electrons. The molecule has 1 N–H and O–H groups in total. The van der Waals surface area contributed by atoms with Crippen molar-refractivity contribution >= 4 is 63.0 Å². The molecule has 162 valence electrons. The van der Waals surface area contributed by atoms with Gasteiger partial charge in [0.05, 0.1) is 21.0 Å². The molecule has 8 nitrogen and oxygen atoms in total. The number of carbonyl (C=O) groups excluding carboxylic acids is 1. The second-order valence-corrected chi connectivity index (χ2v) is 8.93. The first-order chi connectivity index (χ1) is 16.0. The molecule has 3 heterocycles. The van der Waals surface area contributed by atoms with Crippen LogP contribution in [0.25, 0.3) is 17.0 Å². The lowest BCUT2D eigenvalue weighted by Crippen LogP contribution is -2.19. The van der Waals surface area contributed by atoms with Gasteiger partial charge in [0.2, 0.25) is 0 Å². The number of nitro groups is 1. The van der Waals surface area contributed by atoms with Crippen molar-refractivity contribution < 1.29 is 14.1 Å². The Hall–Kier alpha value is -3.89. The van der Waals surface area contributed by atoms with Crippen LogP contribution in [0.5, 0.6) is 0 Å². The quantitative estimate of drug-likeness (QED) is 0.222. The number of fused-ring (bicyclic) bond motifs is 1. The fourth-order valence-electron chi connectivity index (χ4n) is 3.14. The Balaban J connectivity index is 1.33. The maximum atomic E-state index is 12.4. The van der Waals surface area contributed by atoms with E-state index in [1.165, 1.54) is 23.9 Å². The van der Waals surface area contributed by atoms with Crippen LogP contribution >= 0.6 is 23.5 Å². The Morgan fingerprint density at radius 3 is 2.85 bits per heavy atom. The molecule has 2 aromatic carbocycles. The highest BCUT2D eigenvalue weighted by atomic mass is 32.2. The number of non-ortho nitro benzene ring substituents is 1. The van der Waals surface area contributed by atoms with Crippen LogP contribution in [0.3, 0.4) is 0 Å². The topological polar surface area (TPSA) is 111 Å². The van der Waals surface area contributed by atoms with Crippen molar-refractivity contribution in [2.75, 3.05) is 0 Å². The van der Waals surface area contributed by atoms with E-state index in [1.54, 1.807) is 30.5 Å². The third-order valence-electron chi connectivity index (χ3n) is 4.60. The fraction of sp³-hybridized carbons (Fsp3) is 0. The van der Waals surface area contributed by atoms with Crippen LogP contribution in [0.15, 0.2) is 97.2 Å². The molecule has 0 spiro atoms. The van der Waals surface area contributed by atoms with E-state index in [1.807, 2.05) is 36.4 Å². The van der Waals surface area contributed by atoms with Gasteiger partial charge in [-0.3, -0.25) is 19.9 Å². The molecule has 1 amide bonds. The van der Waals surface area contributed by atoms with Crippen molar-refractivity contribution in [3.8, 4) is 0 Å². The van der Waals surface area contributed by atoms with Gasteiger partial charge in [-0.15, -0.1) is 0 Å². The number of para-hydroxylation sites is 1. The SMILES string of the molecule is O=C1NC(=Nc2cccc([N+](=O)[O-])c2)S/C1=C\c1ccc(Sc2cccc3cccnc23)o1. The number of nitrogens with zero attached hydrogens (tertiary/aromatic N) is 3. The van der Waals surface area contributed by atoms with Crippen LogP contribution in [0.4, 0.5) is 11.4 Å². The molecule has 1 saturated heterocycles. The maximum Gasteiger partial charge on any atom is 0.271 e. The van der Waals surface area contributed by atoms with Crippen LogP contribution in [-0.4, -0.2) is 21.0 Å². The van der Waals surface area contributed by atoms with Crippen molar-refractivity contribution in [3.05, 3.63) is 93.7 Å². The van der Waals surface area contributed by atoms with E-state index in [4.69, 9.17) is 4.42 Å². The Bertz CT molecular complexity index is 1460. The van der Waals surface area contributed by atoms with Crippen molar-refractivity contribution in [2.45, 2.75) is 9.99 Å². The van der Waals surface area contributed by atoms with Gasteiger partial charge < -0.3 is 9.73 Å². The van der Waals surface area contributed by atoms with Gasteiger partial charge in [-0.1, -0.05) is 24.3 Å². The number of furan rings is 1. The van der Waals surface area contributed by atoms with Gasteiger partial charge in [-0.05, 0) is 53.9 Å². The van der Waals surface area contributed by atoms with Gasteiger partial charge in [0.15, 0.2) is 10.3 Å². The summed E-state index contributed by atoms with van der Waals surface area (Å²) < 4.78 is 5.89. The Kier molecular flexibility index (Phi) is 5.68. The van der Waals surface area contributed by atoms with Gasteiger partial charge in [-0.25, -0.2) is 4.99 Å². The number of nitrogens with one attached hydrogen (secondary N) is 1. The third-order valence-corrected chi connectivity index (χ3v) is 6.48. The van der Waals surface area contributed by atoms with Gasteiger partial charge in [0, 0.05) is 34.7 Å². The van der Waals surface area contributed by atoms with E-state index < -0.39 is 4.92 Å². The molecule has 1 aliphatic heterocycles. The van der Waals surface area contributed by atoms with Gasteiger partial charge >= 0.3 is 0 Å². The minimum atomic E-state index is -0.490. The average molecular weight is 475 g/mol. The van der Waals surface area contributed by atoms with Crippen molar-refractivity contribution in [3.63, 3.8) is 0 Å². The van der Waals surface area contributed by atoms with Gasteiger partial charge in [0.1, 0.15) is 5.76 Å². The first-order valence-corrected chi connectivity index (χ1v) is 11.3. The number of hydrogen-bond donors (Lipinski definition) is 1. The summed E-state index contributed by atoms with van der Waals surface area (Å²) in [6.45, 7) is 0. The summed E-state index contributed by atoms with van der Waals surface area (Å²) in [4.78, 5) is 32.9. The highest BCUT2D eigenvalue weighted by Crippen LogP contribution is 2.35. The zero-order valence-electron chi connectivity index (χ0n) is 16.8.